The lowest BCUT2D eigenvalue weighted by atomic mass is 9.86. The predicted octanol–water partition coefficient (Wildman–Crippen LogP) is 2.74. The lowest BCUT2D eigenvalue weighted by Crippen LogP contribution is -2.42. The van der Waals surface area contributed by atoms with Gasteiger partial charge in [-0.25, -0.2) is 0 Å². The Morgan fingerprint density at radius 1 is 1.43 bits per heavy atom. The van der Waals surface area contributed by atoms with Gasteiger partial charge in [0, 0.05) is 15.4 Å². The zero-order chi connectivity index (χ0) is 14.9. The maximum atomic E-state index is 6.07. The molecule has 2 aromatic rings. The number of hydrogen-bond donors (Lipinski definition) is 1. The Kier molecular flexibility index (Phi) is 4.35. The number of aromatic nitrogens is 2. The van der Waals surface area contributed by atoms with Crippen LogP contribution >= 0.6 is 27.7 Å². The highest BCUT2D eigenvalue weighted by molar-refractivity contribution is 9.10. The van der Waals surface area contributed by atoms with Gasteiger partial charge in [0.1, 0.15) is 0 Å². The van der Waals surface area contributed by atoms with E-state index in [0.717, 1.165) is 9.37 Å². The SMILES string of the molecule is CC1(c2nc(CSc3ccc(Br)cc3)no2)COCC1N. The number of nitrogens with zero attached hydrogens (tertiary/aromatic N) is 2. The second-order valence-electron chi connectivity index (χ2n) is 5.30. The van der Waals surface area contributed by atoms with Crippen LogP contribution in [0.15, 0.2) is 38.2 Å². The van der Waals surface area contributed by atoms with E-state index in [4.69, 9.17) is 15.0 Å². The molecular formula is C14H16BrN3O2S. The zero-order valence-corrected chi connectivity index (χ0v) is 14.0. The van der Waals surface area contributed by atoms with E-state index >= 15 is 0 Å². The van der Waals surface area contributed by atoms with E-state index in [1.54, 1.807) is 11.8 Å². The fourth-order valence-corrected chi connectivity index (χ4v) is 3.14. The first-order valence-corrected chi connectivity index (χ1v) is 8.40. The van der Waals surface area contributed by atoms with E-state index in [1.165, 1.54) is 0 Å². The summed E-state index contributed by atoms with van der Waals surface area (Å²) in [5.41, 5.74) is 5.69. The third-order valence-electron chi connectivity index (χ3n) is 3.66. The van der Waals surface area contributed by atoms with Gasteiger partial charge in [0.05, 0.1) is 24.4 Å². The number of nitrogens with two attached hydrogens (primary N) is 1. The Labute approximate surface area is 135 Å². The van der Waals surface area contributed by atoms with Crippen molar-refractivity contribution in [1.82, 2.24) is 10.1 Å². The molecule has 2 unspecified atom stereocenters. The molecule has 5 nitrogen and oxygen atoms in total. The van der Waals surface area contributed by atoms with Gasteiger partial charge in [-0.2, -0.15) is 4.98 Å². The molecule has 0 spiro atoms. The van der Waals surface area contributed by atoms with Gasteiger partial charge in [-0.1, -0.05) is 21.1 Å². The second kappa shape index (κ2) is 6.08. The molecule has 21 heavy (non-hydrogen) atoms. The van der Waals surface area contributed by atoms with Crippen LogP contribution < -0.4 is 5.73 Å². The standard InChI is InChI=1S/C14H16BrN3O2S/c1-14(8-19-6-11(14)16)13-17-12(18-20-13)7-21-10-4-2-9(15)3-5-10/h2-5,11H,6-8,16H2,1H3. The maximum Gasteiger partial charge on any atom is 0.236 e. The van der Waals surface area contributed by atoms with Crippen molar-refractivity contribution < 1.29 is 9.26 Å². The molecule has 0 radical (unpaired) electrons. The van der Waals surface area contributed by atoms with Crippen molar-refractivity contribution in [2.45, 2.75) is 29.0 Å². The Balaban J connectivity index is 1.67. The summed E-state index contributed by atoms with van der Waals surface area (Å²) < 4.78 is 11.9. The van der Waals surface area contributed by atoms with Crippen molar-refractivity contribution in [3.05, 3.63) is 40.5 Å². The van der Waals surface area contributed by atoms with Crippen LogP contribution in [-0.2, 0) is 15.9 Å². The largest absolute Gasteiger partial charge is 0.379 e. The van der Waals surface area contributed by atoms with E-state index in [2.05, 4.69) is 38.2 Å². The van der Waals surface area contributed by atoms with Gasteiger partial charge in [0.25, 0.3) is 0 Å². The Morgan fingerprint density at radius 2 is 2.19 bits per heavy atom. The number of benzene rings is 1. The minimum Gasteiger partial charge on any atom is -0.379 e. The molecule has 1 fully saturated rings. The third kappa shape index (κ3) is 3.15. The lowest BCUT2D eigenvalue weighted by molar-refractivity contribution is 0.169. The first-order valence-electron chi connectivity index (χ1n) is 6.63. The van der Waals surface area contributed by atoms with Crippen molar-refractivity contribution in [3.63, 3.8) is 0 Å². The Hall–Kier alpha value is -0.890. The molecule has 0 amide bonds. The zero-order valence-electron chi connectivity index (χ0n) is 11.6. The first kappa shape index (κ1) is 15.0. The molecule has 1 aromatic heterocycles. The van der Waals surface area contributed by atoms with E-state index in [-0.39, 0.29) is 11.5 Å². The van der Waals surface area contributed by atoms with Gasteiger partial charge >= 0.3 is 0 Å². The third-order valence-corrected chi connectivity index (χ3v) is 5.19. The van der Waals surface area contributed by atoms with Crippen LogP contribution in [-0.4, -0.2) is 29.4 Å². The summed E-state index contributed by atoms with van der Waals surface area (Å²) in [6, 6.07) is 8.03. The van der Waals surface area contributed by atoms with Crippen molar-refractivity contribution in [1.29, 1.82) is 0 Å². The molecular weight excluding hydrogens is 354 g/mol. The van der Waals surface area contributed by atoms with Crippen LogP contribution in [0.4, 0.5) is 0 Å². The van der Waals surface area contributed by atoms with Crippen molar-refractivity contribution >= 4 is 27.7 Å². The number of ether oxygens (including phenoxy) is 1. The highest BCUT2D eigenvalue weighted by atomic mass is 79.9. The second-order valence-corrected chi connectivity index (χ2v) is 7.26. The average Bonchev–Trinajstić information content (AvgIpc) is 3.07. The first-order chi connectivity index (χ1) is 10.1. The van der Waals surface area contributed by atoms with E-state index < -0.39 is 0 Å². The summed E-state index contributed by atoms with van der Waals surface area (Å²) in [6.07, 6.45) is 0. The predicted molar refractivity (Wildman–Crippen MR) is 84.1 cm³/mol. The molecule has 0 saturated carbocycles. The minimum atomic E-state index is -0.381. The van der Waals surface area contributed by atoms with Gasteiger partial charge in [0.2, 0.25) is 5.89 Å². The van der Waals surface area contributed by atoms with Gasteiger partial charge in [0.15, 0.2) is 5.82 Å². The fourth-order valence-electron chi connectivity index (χ4n) is 2.13. The van der Waals surface area contributed by atoms with Crippen LogP contribution in [0, 0.1) is 0 Å². The van der Waals surface area contributed by atoms with Gasteiger partial charge in [-0.05, 0) is 31.2 Å². The number of halogens is 1. The van der Waals surface area contributed by atoms with Crippen LogP contribution in [0.3, 0.4) is 0 Å². The monoisotopic (exact) mass is 369 g/mol. The van der Waals surface area contributed by atoms with Gasteiger partial charge in [-0.15, -0.1) is 11.8 Å². The normalized spacial score (nSPS) is 25.4. The van der Waals surface area contributed by atoms with E-state index in [9.17, 15) is 0 Å². The highest BCUT2D eigenvalue weighted by Crippen LogP contribution is 2.31. The van der Waals surface area contributed by atoms with Gasteiger partial charge in [-0.3, -0.25) is 0 Å². The Morgan fingerprint density at radius 3 is 2.86 bits per heavy atom. The molecule has 1 aliphatic rings. The fraction of sp³-hybridized carbons (Fsp3) is 0.429. The molecule has 0 bridgehead atoms. The van der Waals surface area contributed by atoms with Crippen LogP contribution in [0.1, 0.15) is 18.6 Å². The maximum absolute atomic E-state index is 6.07. The summed E-state index contributed by atoms with van der Waals surface area (Å²) in [6.45, 7) is 3.06. The molecule has 1 aromatic carbocycles. The lowest BCUT2D eigenvalue weighted by Gasteiger charge is -2.21. The highest BCUT2D eigenvalue weighted by Gasteiger charge is 2.44. The summed E-state index contributed by atoms with van der Waals surface area (Å²) in [5, 5.41) is 4.05. The number of hydrogen-bond acceptors (Lipinski definition) is 6. The average molecular weight is 370 g/mol. The van der Waals surface area contributed by atoms with Crippen LogP contribution in [0.5, 0.6) is 0 Å². The number of rotatable bonds is 4. The summed E-state index contributed by atoms with van der Waals surface area (Å²) in [7, 11) is 0. The molecule has 0 aliphatic carbocycles. The molecule has 112 valence electrons. The van der Waals surface area contributed by atoms with Crippen molar-refractivity contribution in [2.75, 3.05) is 13.2 Å². The van der Waals surface area contributed by atoms with E-state index in [0.29, 0.717) is 30.7 Å². The van der Waals surface area contributed by atoms with E-state index in [1.807, 2.05) is 19.1 Å². The molecule has 2 heterocycles. The van der Waals surface area contributed by atoms with Crippen LogP contribution in [0.25, 0.3) is 0 Å². The summed E-state index contributed by atoms with van der Waals surface area (Å²) in [5.74, 6) is 1.91. The summed E-state index contributed by atoms with van der Waals surface area (Å²) in [4.78, 5) is 5.64. The molecule has 2 N–H and O–H groups in total. The molecule has 1 saturated heterocycles. The molecule has 1 aliphatic heterocycles. The molecule has 3 rings (SSSR count). The quantitative estimate of drug-likeness (QED) is 0.835. The smallest absolute Gasteiger partial charge is 0.236 e. The summed E-state index contributed by atoms with van der Waals surface area (Å²) >= 11 is 5.09. The van der Waals surface area contributed by atoms with Gasteiger partial charge < -0.3 is 15.0 Å². The number of thioether (sulfide) groups is 1. The van der Waals surface area contributed by atoms with Crippen molar-refractivity contribution in [3.8, 4) is 0 Å². The van der Waals surface area contributed by atoms with Crippen LogP contribution in [0.2, 0.25) is 0 Å². The minimum absolute atomic E-state index is 0.107. The van der Waals surface area contributed by atoms with Crippen molar-refractivity contribution in [2.24, 2.45) is 5.73 Å². The molecule has 2 atom stereocenters. The Bertz CT molecular complexity index is 619. The topological polar surface area (TPSA) is 74.2 Å². The molecule has 7 heteroatoms.